The number of amides is 1. The van der Waals surface area contributed by atoms with Gasteiger partial charge in [0.15, 0.2) is 9.84 Å². The maximum atomic E-state index is 12.9. The molecule has 7 nitrogen and oxygen atoms in total. The molecular weight excluding hydrogens is 450 g/mol. The molecule has 8 heteroatoms. The van der Waals surface area contributed by atoms with Gasteiger partial charge in [-0.3, -0.25) is 9.78 Å². The van der Waals surface area contributed by atoms with Crippen molar-refractivity contribution in [2.45, 2.75) is 23.8 Å². The van der Waals surface area contributed by atoms with Crippen LogP contribution >= 0.6 is 0 Å². The second kappa shape index (κ2) is 10.7. The molecule has 0 fully saturated rings. The van der Waals surface area contributed by atoms with E-state index < -0.39 is 21.8 Å². The number of sulfone groups is 1. The molecule has 2 aromatic carbocycles. The summed E-state index contributed by atoms with van der Waals surface area (Å²) >= 11 is 0. The number of hydrogen-bond donors (Lipinski definition) is 1. The highest BCUT2D eigenvalue weighted by atomic mass is 32.2. The first-order chi connectivity index (χ1) is 16.5. The van der Waals surface area contributed by atoms with Crippen molar-refractivity contribution in [1.29, 1.82) is 0 Å². The van der Waals surface area contributed by atoms with E-state index in [1.807, 2.05) is 36.4 Å². The smallest absolute Gasteiger partial charge is 0.290 e. The maximum Gasteiger partial charge on any atom is 0.290 e. The summed E-state index contributed by atoms with van der Waals surface area (Å²) < 4.78 is 30.6. The molecule has 1 amide bonds. The third-order valence-corrected chi connectivity index (χ3v) is 6.57. The van der Waals surface area contributed by atoms with Crippen LogP contribution in [-0.2, 0) is 16.3 Å². The third-order valence-electron chi connectivity index (χ3n) is 5.13. The lowest BCUT2D eigenvalue weighted by atomic mass is 10.1. The topological polar surface area (TPSA) is 102 Å². The Morgan fingerprint density at radius 1 is 0.941 bits per heavy atom. The molecule has 1 atom stereocenters. The van der Waals surface area contributed by atoms with Crippen LogP contribution in [0.25, 0.3) is 11.4 Å². The van der Waals surface area contributed by atoms with Crippen molar-refractivity contribution >= 4 is 15.7 Å². The molecule has 0 bridgehead atoms. The molecule has 1 N–H and O–H groups in total. The first-order valence-electron chi connectivity index (χ1n) is 10.7. The minimum atomic E-state index is -3.65. The summed E-state index contributed by atoms with van der Waals surface area (Å²) in [6.07, 6.45) is 4.27. The van der Waals surface area contributed by atoms with Crippen molar-refractivity contribution in [3.63, 3.8) is 0 Å². The highest BCUT2D eigenvalue weighted by Crippen LogP contribution is 2.17. The molecule has 172 valence electrons. The van der Waals surface area contributed by atoms with Crippen molar-refractivity contribution in [3.8, 4) is 11.4 Å². The summed E-state index contributed by atoms with van der Waals surface area (Å²) in [5, 5.41) is 7.91. The predicted octanol–water partition coefficient (Wildman–Crippen LogP) is 4.46. The average Bonchev–Trinajstić information content (AvgIpc) is 3.38. The number of aromatic nitrogens is 2. The highest BCUT2D eigenvalue weighted by Gasteiger charge is 2.19. The number of benzene rings is 2. The second-order valence-electron chi connectivity index (χ2n) is 7.58. The van der Waals surface area contributed by atoms with Crippen LogP contribution in [-0.4, -0.2) is 30.5 Å². The fourth-order valence-corrected chi connectivity index (χ4v) is 4.42. The molecule has 0 saturated carbocycles. The number of hydrogen-bond acceptors (Lipinski definition) is 6. The zero-order valence-corrected chi connectivity index (χ0v) is 19.1. The number of rotatable bonds is 9. The van der Waals surface area contributed by atoms with Gasteiger partial charge in [-0.05, 0) is 42.7 Å². The Bertz CT molecular complexity index is 1350. The van der Waals surface area contributed by atoms with Crippen molar-refractivity contribution in [2.75, 3.05) is 0 Å². The Balaban J connectivity index is 1.51. The SMILES string of the molecule is O=C(N[C@H](/C=C/S(=O)(=O)c1ccccc1)CCc1ccccc1)c1cc(-c2ccccn2)no1. The lowest BCUT2D eigenvalue weighted by molar-refractivity contribution is 0.0906. The van der Waals surface area contributed by atoms with Crippen LogP contribution in [0.4, 0.5) is 0 Å². The summed E-state index contributed by atoms with van der Waals surface area (Å²) in [6.45, 7) is 0. The molecule has 0 saturated heterocycles. The summed E-state index contributed by atoms with van der Waals surface area (Å²) in [5.41, 5.74) is 2.10. The van der Waals surface area contributed by atoms with E-state index in [4.69, 9.17) is 4.52 Å². The summed E-state index contributed by atoms with van der Waals surface area (Å²) in [5.74, 6) is -0.473. The Morgan fingerprint density at radius 3 is 2.35 bits per heavy atom. The van der Waals surface area contributed by atoms with Crippen molar-refractivity contribution in [3.05, 3.63) is 114 Å². The molecule has 0 aliphatic carbocycles. The minimum absolute atomic E-state index is 0.0182. The first-order valence-corrected chi connectivity index (χ1v) is 12.3. The van der Waals surface area contributed by atoms with Crippen LogP contribution in [0.3, 0.4) is 0 Å². The quantitative estimate of drug-likeness (QED) is 0.385. The van der Waals surface area contributed by atoms with Crippen LogP contribution in [0.5, 0.6) is 0 Å². The fraction of sp³-hybridized carbons (Fsp3) is 0.115. The Morgan fingerprint density at radius 2 is 1.65 bits per heavy atom. The van der Waals surface area contributed by atoms with E-state index >= 15 is 0 Å². The second-order valence-corrected chi connectivity index (χ2v) is 9.42. The normalized spacial score (nSPS) is 12.5. The number of pyridine rings is 1. The van der Waals surface area contributed by atoms with E-state index in [2.05, 4.69) is 15.5 Å². The van der Waals surface area contributed by atoms with E-state index in [1.54, 1.807) is 36.5 Å². The predicted molar refractivity (Wildman–Crippen MR) is 129 cm³/mol. The van der Waals surface area contributed by atoms with Gasteiger partial charge in [-0.25, -0.2) is 8.42 Å². The van der Waals surface area contributed by atoms with Gasteiger partial charge in [0.25, 0.3) is 5.91 Å². The van der Waals surface area contributed by atoms with E-state index in [0.29, 0.717) is 24.2 Å². The number of nitrogens with one attached hydrogen (secondary N) is 1. The van der Waals surface area contributed by atoms with Crippen LogP contribution < -0.4 is 5.32 Å². The van der Waals surface area contributed by atoms with Crippen molar-refractivity contribution < 1.29 is 17.7 Å². The van der Waals surface area contributed by atoms with Crippen LogP contribution in [0, 0.1) is 0 Å². The van der Waals surface area contributed by atoms with Gasteiger partial charge in [0.1, 0.15) is 5.69 Å². The molecule has 2 heterocycles. The molecule has 0 aliphatic heterocycles. The molecule has 4 aromatic rings. The molecule has 0 aliphatic rings. The molecular formula is C26H23N3O4S. The zero-order valence-electron chi connectivity index (χ0n) is 18.2. The fourth-order valence-electron chi connectivity index (χ4n) is 3.33. The average molecular weight is 474 g/mol. The van der Waals surface area contributed by atoms with Crippen molar-refractivity contribution in [2.24, 2.45) is 0 Å². The van der Waals surface area contributed by atoms with E-state index in [0.717, 1.165) is 11.0 Å². The van der Waals surface area contributed by atoms with Crippen molar-refractivity contribution in [1.82, 2.24) is 15.5 Å². The highest BCUT2D eigenvalue weighted by molar-refractivity contribution is 7.94. The Kier molecular flexibility index (Phi) is 7.29. The zero-order chi connectivity index (χ0) is 23.8. The van der Waals surface area contributed by atoms with Crippen LogP contribution in [0.15, 0.2) is 112 Å². The van der Waals surface area contributed by atoms with Gasteiger partial charge in [-0.2, -0.15) is 0 Å². The van der Waals surface area contributed by atoms with E-state index in [-0.39, 0.29) is 10.7 Å². The monoisotopic (exact) mass is 473 g/mol. The number of carbonyl (C=O) groups excluding carboxylic acids is 1. The summed E-state index contributed by atoms with van der Waals surface area (Å²) in [7, 11) is -3.65. The van der Waals surface area contributed by atoms with Gasteiger partial charge in [0.2, 0.25) is 5.76 Å². The van der Waals surface area contributed by atoms with Gasteiger partial charge in [-0.1, -0.05) is 65.8 Å². The molecule has 0 spiro atoms. The molecule has 34 heavy (non-hydrogen) atoms. The van der Waals surface area contributed by atoms with Gasteiger partial charge in [0, 0.05) is 23.7 Å². The van der Waals surface area contributed by atoms with Gasteiger partial charge in [0.05, 0.1) is 10.6 Å². The molecule has 2 aromatic heterocycles. The lowest BCUT2D eigenvalue weighted by Gasteiger charge is -2.14. The third kappa shape index (κ3) is 6.05. The Labute approximate surface area is 198 Å². The lowest BCUT2D eigenvalue weighted by Crippen LogP contribution is -2.33. The largest absolute Gasteiger partial charge is 0.350 e. The first kappa shape index (κ1) is 23.1. The van der Waals surface area contributed by atoms with Crippen LogP contribution in [0.1, 0.15) is 22.5 Å². The maximum absolute atomic E-state index is 12.9. The molecule has 4 rings (SSSR count). The van der Waals surface area contributed by atoms with Gasteiger partial charge >= 0.3 is 0 Å². The standard InChI is InChI=1S/C26H23N3O4S/c30-26(25-19-24(29-33-25)23-13-7-8-17-27-23)28-21(15-14-20-9-3-1-4-10-20)16-18-34(31,32)22-11-5-2-6-12-22/h1-13,16-19,21H,14-15H2,(H,28,30)/b18-16+/t21-/m0/s1. The molecule has 0 radical (unpaired) electrons. The van der Waals surface area contributed by atoms with E-state index in [1.165, 1.54) is 24.3 Å². The van der Waals surface area contributed by atoms with E-state index in [9.17, 15) is 13.2 Å². The number of nitrogens with zero attached hydrogens (tertiary/aromatic N) is 2. The van der Waals surface area contributed by atoms with Gasteiger partial charge in [-0.15, -0.1) is 0 Å². The number of carbonyl (C=O) groups is 1. The van der Waals surface area contributed by atoms with Gasteiger partial charge < -0.3 is 9.84 Å². The summed E-state index contributed by atoms with van der Waals surface area (Å²) in [6, 6.07) is 24.2. The van der Waals surface area contributed by atoms with Crippen LogP contribution in [0.2, 0.25) is 0 Å². The summed E-state index contributed by atoms with van der Waals surface area (Å²) in [4.78, 5) is 17.2. The molecule has 0 unspecified atom stereocenters. The number of aryl methyl sites for hydroxylation is 1. The minimum Gasteiger partial charge on any atom is -0.350 e. The Hall–Kier alpha value is -4.04.